The van der Waals surface area contributed by atoms with E-state index < -0.39 is 11.8 Å². The molecule has 0 aromatic carbocycles. The molecule has 1 fully saturated rings. The fourth-order valence-corrected chi connectivity index (χ4v) is 1.65. The summed E-state index contributed by atoms with van der Waals surface area (Å²) >= 11 is 0. The van der Waals surface area contributed by atoms with E-state index in [1.807, 2.05) is 0 Å². The molecule has 0 aromatic rings. The van der Waals surface area contributed by atoms with Crippen molar-refractivity contribution in [2.24, 2.45) is 0 Å². The Morgan fingerprint density at radius 1 is 1.40 bits per heavy atom. The molecule has 2 N–H and O–H groups in total. The van der Waals surface area contributed by atoms with Crippen molar-refractivity contribution < 1.29 is 57.2 Å². The van der Waals surface area contributed by atoms with E-state index in [2.05, 4.69) is 0 Å². The molecule has 1 saturated heterocycles. The van der Waals surface area contributed by atoms with Crippen molar-refractivity contribution in [2.75, 3.05) is 6.61 Å². The average Bonchev–Trinajstić information content (AvgIpc) is 1.99. The molecule has 2 atom stereocenters. The van der Waals surface area contributed by atoms with Gasteiger partial charge in [0.1, 0.15) is 0 Å². The predicted octanol–water partition coefficient (Wildman–Crippen LogP) is 0.361. The smallest absolute Gasteiger partial charge is 0.305 e. The number of carboxylic acids is 1. The Morgan fingerprint density at radius 3 is 2.40 bits per heavy atom. The molecular formula is C9H16O5Y. The summed E-state index contributed by atoms with van der Waals surface area (Å²) in [7, 11) is 0. The van der Waals surface area contributed by atoms with Crippen LogP contribution in [-0.4, -0.2) is 40.8 Å². The average molecular weight is 293 g/mol. The van der Waals surface area contributed by atoms with Crippen LogP contribution in [0.15, 0.2) is 0 Å². The maximum Gasteiger partial charge on any atom is 0.305 e. The van der Waals surface area contributed by atoms with E-state index in [-0.39, 0.29) is 57.9 Å². The van der Waals surface area contributed by atoms with Crippen molar-refractivity contribution in [1.29, 1.82) is 0 Å². The van der Waals surface area contributed by atoms with Crippen LogP contribution in [-0.2, 0) is 47.0 Å². The Labute approximate surface area is 114 Å². The zero-order chi connectivity index (χ0) is 10.8. The standard InChI is InChI=1S/C9H16O5.Y/c1-9(2)13-6(4-8(11)12)3-7(5-10)14-9;/h6-7,10H,3-5H2,1-2H3,(H,11,12);/t6-,7+;/m1./s1. The molecule has 5 nitrogen and oxygen atoms in total. The number of carbonyl (C=O) groups is 1. The molecular weight excluding hydrogens is 277 g/mol. The largest absolute Gasteiger partial charge is 0.481 e. The van der Waals surface area contributed by atoms with E-state index in [1.165, 1.54) is 0 Å². The summed E-state index contributed by atoms with van der Waals surface area (Å²) in [5.74, 6) is -1.71. The normalized spacial score (nSPS) is 29.3. The molecule has 0 bridgehead atoms. The quantitative estimate of drug-likeness (QED) is 0.786. The summed E-state index contributed by atoms with van der Waals surface area (Å²) in [5.41, 5.74) is 0. The van der Waals surface area contributed by atoms with Crippen LogP contribution >= 0.6 is 0 Å². The summed E-state index contributed by atoms with van der Waals surface area (Å²) in [6.07, 6.45) is -0.341. The van der Waals surface area contributed by atoms with Crippen LogP contribution in [0.5, 0.6) is 0 Å². The number of aliphatic carboxylic acids is 1. The zero-order valence-corrected chi connectivity index (χ0v) is 11.8. The number of carboxylic acid groups (broad SMARTS) is 1. The molecule has 1 rings (SSSR count). The summed E-state index contributed by atoms with van der Waals surface area (Å²) < 4.78 is 10.8. The first-order chi connectivity index (χ1) is 6.43. The van der Waals surface area contributed by atoms with E-state index in [4.69, 9.17) is 19.7 Å². The molecule has 1 heterocycles. The van der Waals surface area contributed by atoms with Gasteiger partial charge in [0, 0.05) is 39.1 Å². The molecule has 0 aromatic heterocycles. The molecule has 15 heavy (non-hydrogen) atoms. The second-order valence-electron chi connectivity index (χ2n) is 3.90. The molecule has 0 spiro atoms. The van der Waals surface area contributed by atoms with Crippen LogP contribution in [0.1, 0.15) is 26.7 Å². The molecule has 0 saturated carbocycles. The van der Waals surface area contributed by atoms with E-state index in [0.29, 0.717) is 6.42 Å². The second kappa shape index (κ2) is 6.25. The minimum absolute atomic E-state index is 0. The summed E-state index contributed by atoms with van der Waals surface area (Å²) in [4.78, 5) is 10.5. The number of aliphatic hydroxyl groups excluding tert-OH is 1. The monoisotopic (exact) mass is 293 g/mol. The van der Waals surface area contributed by atoms with Crippen molar-refractivity contribution in [3.05, 3.63) is 0 Å². The number of hydrogen-bond acceptors (Lipinski definition) is 4. The van der Waals surface area contributed by atoms with Gasteiger partial charge in [0.25, 0.3) is 0 Å². The Morgan fingerprint density at radius 2 is 1.93 bits per heavy atom. The maximum atomic E-state index is 10.5. The van der Waals surface area contributed by atoms with Crippen LogP contribution in [0, 0.1) is 0 Å². The minimum Gasteiger partial charge on any atom is -0.481 e. The van der Waals surface area contributed by atoms with Gasteiger partial charge in [-0.3, -0.25) is 4.79 Å². The van der Waals surface area contributed by atoms with Gasteiger partial charge in [-0.15, -0.1) is 0 Å². The summed E-state index contributed by atoms with van der Waals surface area (Å²) in [6.45, 7) is 3.32. The SMILES string of the molecule is CC1(C)O[C@H](CO)C[C@H](CC(=O)O)O1.[Y]. The molecule has 1 aliphatic rings. The van der Waals surface area contributed by atoms with E-state index in [9.17, 15) is 4.79 Å². The van der Waals surface area contributed by atoms with Crippen molar-refractivity contribution in [2.45, 2.75) is 44.7 Å². The Balaban J connectivity index is 0.00000196. The van der Waals surface area contributed by atoms with Crippen molar-refractivity contribution in [3.8, 4) is 0 Å². The summed E-state index contributed by atoms with van der Waals surface area (Å²) in [6, 6.07) is 0. The first-order valence-corrected chi connectivity index (χ1v) is 4.61. The molecule has 1 aliphatic heterocycles. The molecule has 1 radical (unpaired) electrons. The van der Waals surface area contributed by atoms with E-state index >= 15 is 0 Å². The van der Waals surface area contributed by atoms with Crippen LogP contribution < -0.4 is 0 Å². The number of ether oxygens (including phenoxy) is 2. The van der Waals surface area contributed by atoms with Crippen molar-refractivity contribution in [1.82, 2.24) is 0 Å². The first kappa shape index (κ1) is 15.5. The van der Waals surface area contributed by atoms with Crippen LogP contribution in [0.4, 0.5) is 0 Å². The van der Waals surface area contributed by atoms with Gasteiger partial charge in [0.05, 0.1) is 25.2 Å². The van der Waals surface area contributed by atoms with Gasteiger partial charge in [0.2, 0.25) is 0 Å². The van der Waals surface area contributed by atoms with E-state index in [1.54, 1.807) is 13.8 Å². The van der Waals surface area contributed by atoms with Gasteiger partial charge < -0.3 is 19.7 Å². The van der Waals surface area contributed by atoms with Crippen LogP contribution in [0.2, 0.25) is 0 Å². The molecule has 85 valence electrons. The van der Waals surface area contributed by atoms with Gasteiger partial charge >= 0.3 is 5.97 Å². The zero-order valence-electron chi connectivity index (χ0n) is 8.97. The molecule has 0 amide bonds. The Bertz CT molecular complexity index is 219. The Hall–Kier alpha value is 0.454. The van der Waals surface area contributed by atoms with Gasteiger partial charge in [-0.05, 0) is 13.8 Å². The number of hydrogen-bond donors (Lipinski definition) is 2. The van der Waals surface area contributed by atoms with Gasteiger partial charge in [-0.1, -0.05) is 0 Å². The van der Waals surface area contributed by atoms with E-state index in [0.717, 1.165) is 0 Å². The molecule has 0 aliphatic carbocycles. The fourth-order valence-electron chi connectivity index (χ4n) is 1.65. The van der Waals surface area contributed by atoms with Gasteiger partial charge in [0.15, 0.2) is 5.79 Å². The molecule has 0 unspecified atom stereocenters. The third kappa shape index (κ3) is 5.36. The van der Waals surface area contributed by atoms with Gasteiger partial charge in [-0.2, -0.15) is 0 Å². The second-order valence-corrected chi connectivity index (χ2v) is 3.90. The number of aliphatic hydroxyl groups is 1. The van der Waals surface area contributed by atoms with Crippen LogP contribution in [0.25, 0.3) is 0 Å². The number of rotatable bonds is 3. The van der Waals surface area contributed by atoms with Gasteiger partial charge in [-0.25, -0.2) is 0 Å². The third-order valence-electron chi connectivity index (χ3n) is 2.03. The minimum atomic E-state index is -0.899. The van der Waals surface area contributed by atoms with Crippen LogP contribution in [0.3, 0.4) is 0 Å². The van der Waals surface area contributed by atoms with Crippen molar-refractivity contribution in [3.63, 3.8) is 0 Å². The third-order valence-corrected chi connectivity index (χ3v) is 2.03. The molecule has 6 heteroatoms. The first-order valence-electron chi connectivity index (χ1n) is 4.61. The Kier molecular flexibility index (Phi) is 6.44. The predicted molar refractivity (Wildman–Crippen MR) is 47.8 cm³/mol. The fraction of sp³-hybridized carbons (Fsp3) is 0.889. The topological polar surface area (TPSA) is 76.0 Å². The summed E-state index contributed by atoms with van der Waals surface area (Å²) in [5, 5.41) is 17.6. The maximum absolute atomic E-state index is 10.5. The van der Waals surface area contributed by atoms with Crippen molar-refractivity contribution >= 4 is 5.97 Å².